The van der Waals surface area contributed by atoms with E-state index in [2.05, 4.69) is 119 Å². The summed E-state index contributed by atoms with van der Waals surface area (Å²) in [6.07, 6.45) is 18.2. The second-order valence-corrected chi connectivity index (χ2v) is 25.1. The van der Waals surface area contributed by atoms with Gasteiger partial charge in [0.1, 0.15) is 28.9 Å². The van der Waals surface area contributed by atoms with Gasteiger partial charge in [-0.25, -0.2) is 22.4 Å². The van der Waals surface area contributed by atoms with Gasteiger partial charge in [0.25, 0.3) is 0 Å². The quantitative estimate of drug-likeness (QED) is 0.0630. The number of benzene rings is 4. The number of nitrogens with zero attached hydrogens (tertiary/aromatic N) is 6. The molecule has 4 fully saturated rings. The zero-order valence-electron chi connectivity index (χ0n) is 49.9. The summed E-state index contributed by atoms with van der Waals surface area (Å²) in [5.74, 6) is -0.402. The van der Waals surface area contributed by atoms with Crippen molar-refractivity contribution in [1.29, 1.82) is 0 Å². The Kier molecular flexibility index (Phi) is 22.5. The van der Waals surface area contributed by atoms with Gasteiger partial charge in [-0.05, 0) is 239 Å². The maximum atomic E-state index is 13.4. The lowest BCUT2D eigenvalue weighted by Gasteiger charge is -2.45. The van der Waals surface area contributed by atoms with E-state index in [4.69, 9.17) is 16.3 Å². The van der Waals surface area contributed by atoms with Crippen LogP contribution in [0.2, 0.25) is 0 Å². The third-order valence-corrected chi connectivity index (χ3v) is 17.1. The Balaban J connectivity index is 0.000000182. The Bertz CT molecular complexity index is 3140. The molecular formula is C67H85ClF4N8O4. The van der Waals surface area contributed by atoms with Crippen LogP contribution in [-0.4, -0.2) is 168 Å². The van der Waals surface area contributed by atoms with Gasteiger partial charge in [0.2, 0.25) is 11.1 Å². The molecule has 2 aromatic heterocycles. The molecule has 17 heteroatoms. The number of allylic oxidation sites excluding steroid dienone is 1. The van der Waals surface area contributed by atoms with Crippen molar-refractivity contribution in [3.05, 3.63) is 155 Å². The molecule has 4 aliphatic heterocycles. The number of likely N-dealkylation sites (N-methyl/N-ethyl adjacent to an activating group) is 2. The number of ether oxygens (including phenoxy) is 1. The number of carbonyl (C=O) groups is 3. The van der Waals surface area contributed by atoms with E-state index in [1.54, 1.807) is 0 Å². The minimum atomic E-state index is -0.693. The van der Waals surface area contributed by atoms with Gasteiger partial charge in [0, 0.05) is 104 Å². The Morgan fingerprint density at radius 1 is 0.571 bits per heavy atom. The zero-order chi connectivity index (χ0) is 60.1. The van der Waals surface area contributed by atoms with Gasteiger partial charge in [-0.15, -0.1) is 0 Å². The maximum absolute atomic E-state index is 13.4. The first-order chi connectivity index (χ1) is 40.2. The van der Waals surface area contributed by atoms with Gasteiger partial charge in [-0.2, -0.15) is 0 Å². The fourth-order valence-corrected chi connectivity index (χ4v) is 13.0. The number of halogens is 5. The molecule has 2 unspecified atom stereocenters. The fourth-order valence-electron chi connectivity index (χ4n) is 12.9. The van der Waals surface area contributed by atoms with E-state index < -0.39 is 34.1 Å². The Hall–Kier alpha value is -6.30. The molecule has 2 N–H and O–H groups in total. The highest BCUT2D eigenvalue weighted by Gasteiger charge is 2.37. The third-order valence-electron chi connectivity index (χ3n) is 16.9. The first-order valence-electron chi connectivity index (χ1n) is 29.8. The maximum Gasteiger partial charge on any atom is 0.410 e. The number of nitrogens with one attached hydrogen (secondary N) is 2. The lowest BCUT2D eigenvalue weighted by atomic mass is 9.84. The van der Waals surface area contributed by atoms with Crippen LogP contribution in [0.15, 0.2) is 109 Å². The standard InChI is InChI=1S/C31H38F2N4O.C27H42N4O2.C9H5ClF2O/c1-35(2)21-30(36-13-9-23(10-14-36)28-20-34-29-6-4-3-5-27(28)29)24-11-15-37(16-12-24)31(38)8-7-22-17-25(32)19-26(33)18-22;1-27(2,3)33-26(32)31-16-12-21(13-17-31)25(19-29(4)5)30-14-10-20(11-15-30)23-18-28-24-9-7-6-8-22(23)24;10-9(13)2-1-6-3-7(11)5-8(12)4-6/h3-8,17-20,23-24,30,34H,9-16,21H2,1-2H3;6-9,18,20-21,25,28H,10-17,19H2,1-5H3;1-5H/b8-7+;;2-1+. The van der Waals surface area contributed by atoms with Crippen LogP contribution in [0, 0.1) is 35.1 Å². The van der Waals surface area contributed by atoms with Crippen LogP contribution < -0.4 is 0 Å². The van der Waals surface area contributed by atoms with Crippen molar-refractivity contribution in [1.82, 2.24) is 39.4 Å². The van der Waals surface area contributed by atoms with E-state index in [1.807, 2.05) is 30.6 Å². The number of likely N-dealkylation sites (tertiary alicyclic amines) is 4. The molecule has 0 saturated carbocycles. The highest BCUT2D eigenvalue weighted by Crippen LogP contribution is 2.38. The summed E-state index contributed by atoms with van der Waals surface area (Å²) in [5, 5.41) is 2.05. The fraction of sp³-hybridized carbons (Fsp3) is 0.478. The number of carbonyl (C=O) groups excluding carboxylic acids is 3. The van der Waals surface area contributed by atoms with Crippen LogP contribution in [-0.2, 0) is 14.3 Å². The molecule has 0 aliphatic carbocycles. The van der Waals surface area contributed by atoms with Gasteiger partial charge < -0.3 is 34.3 Å². The van der Waals surface area contributed by atoms with Crippen molar-refractivity contribution in [2.45, 2.75) is 102 Å². The normalized spacial score (nSPS) is 18.4. The average Bonchev–Trinajstić information content (AvgIpc) is 3.72. The van der Waals surface area contributed by atoms with Gasteiger partial charge in [0.15, 0.2) is 0 Å². The average molecular weight is 1180 g/mol. The van der Waals surface area contributed by atoms with Crippen LogP contribution in [0.3, 0.4) is 0 Å². The highest BCUT2D eigenvalue weighted by atomic mass is 35.5. The molecule has 0 bridgehead atoms. The number of fused-ring (bicyclic) bond motifs is 2. The smallest absolute Gasteiger partial charge is 0.410 e. The summed E-state index contributed by atoms with van der Waals surface area (Å²) < 4.78 is 57.6. The van der Waals surface area contributed by atoms with E-state index in [0.29, 0.717) is 54.4 Å². The van der Waals surface area contributed by atoms with Crippen LogP contribution in [0.5, 0.6) is 0 Å². The summed E-state index contributed by atoms with van der Waals surface area (Å²) in [6.45, 7) is 15.4. The van der Waals surface area contributed by atoms with E-state index in [0.717, 1.165) is 121 Å². The lowest BCUT2D eigenvalue weighted by Crippen LogP contribution is -2.52. The highest BCUT2D eigenvalue weighted by molar-refractivity contribution is 6.66. The van der Waals surface area contributed by atoms with Crippen molar-refractivity contribution < 1.29 is 36.7 Å². The van der Waals surface area contributed by atoms with Gasteiger partial charge >= 0.3 is 6.09 Å². The summed E-state index contributed by atoms with van der Waals surface area (Å²) >= 11 is 4.99. The summed E-state index contributed by atoms with van der Waals surface area (Å²) in [4.78, 5) is 56.2. The molecule has 4 saturated heterocycles. The molecule has 0 radical (unpaired) electrons. The molecule has 12 nitrogen and oxygen atoms in total. The zero-order valence-corrected chi connectivity index (χ0v) is 50.7. The van der Waals surface area contributed by atoms with Crippen molar-refractivity contribution in [2.75, 3.05) is 93.6 Å². The van der Waals surface area contributed by atoms with E-state index in [1.165, 1.54) is 76.1 Å². The molecule has 4 aliphatic rings. The number of H-pyrrole nitrogens is 2. The Morgan fingerprint density at radius 2 is 0.952 bits per heavy atom. The Labute approximate surface area is 498 Å². The molecule has 0 spiro atoms. The summed E-state index contributed by atoms with van der Waals surface area (Å²) in [5.41, 5.74) is 5.58. The van der Waals surface area contributed by atoms with Gasteiger partial charge in [-0.1, -0.05) is 36.4 Å². The Morgan fingerprint density at radius 3 is 1.33 bits per heavy atom. The lowest BCUT2D eigenvalue weighted by molar-refractivity contribution is -0.127. The number of amides is 2. The molecule has 452 valence electrons. The number of piperidine rings is 4. The third kappa shape index (κ3) is 18.1. The van der Waals surface area contributed by atoms with E-state index in [9.17, 15) is 31.9 Å². The van der Waals surface area contributed by atoms with Crippen molar-refractivity contribution in [2.24, 2.45) is 11.8 Å². The summed E-state index contributed by atoms with van der Waals surface area (Å²) in [7, 11) is 8.65. The number of rotatable bonds is 14. The number of aromatic amines is 2. The van der Waals surface area contributed by atoms with Gasteiger partial charge in [0.05, 0.1) is 0 Å². The number of hydrogen-bond acceptors (Lipinski definition) is 8. The first-order valence-corrected chi connectivity index (χ1v) is 30.2. The molecule has 6 heterocycles. The second kappa shape index (κ2) is 29.7. The predicted octanol–water partition coefficient (Wildman–Crippen LogP) is 13.2. The van der Waals surface area contributed by atoms with Crippen LogP contribution >= 0.6 is 11.6 Å². The minimum Gasteiger partial charge on any atom is -0.444 e. The number of para-hydroxylation sites is 2. The molecular weight excluding hydrogens is 1090 g/mol. The van der Waals surface area contributed by atoms with E-state index >= 15 is 0 Å². The summed E-state index contributed by atoms with van der Waals surface area (Å²) in [6, 6.07) is 24.5. The van der Waals surface area contributed by atoms with Gasteiger partial charge in [-0.3, -0.25) is 19.4 Å². The first kappa shape index (κ1) is 63.7. The molecule has 6 aromatic rings. The second-order valence-electron chi connectivity index (χ2n) is 24.7. The van der Waals surface area contributed by atoms with Crippen LogP contribution in [0.25, 0.3) is 34.0 Å². The topological polar surface area (TPSA) is 111 Å². The SMILES string of the molecule is CN(C)CC(C1CCN(C(=O)/C=C/c2cc(F)cc(F)c2)CC1)N1CCC(c2c[nH]c3ccccc23)CC1.CN(C)CC(C1CCN(C(=O)OC(C)(C)C)CC1)N1CCC(c2c[nH]c3ccccc23)CC1.O=C(Cl)/C=C/c1cc(F)cc(F)c1. The van der Waals surface area contributed by atoms with Crippen molar-refractivity contribution >= 4 is 62.8 Å². The molecule has 84 heavy (non-hydrogen) atoms. The van der Waals surface area contributed by atoms with Crippen molar-refractivity contribution in [3.8, 4) is 0 Å². The molecule has 4 aromatic carbocycles. The molecule has 2 amide bonds. The largest absolute Gasteiger partial charge is 0.444 e. The predicted molar refractivity (Wildman–Crippen MR) is 330 cm³/mol. The monoisotopic (exact) mass is 1180 g/mol. The van der Waals surface area contributed by atoms with Crippen LogP contribution in [0.4, 0.5) is 22.4 Å². The number of aromatic nitrogens is 2. The van der Waals surface area contributed by atoms with Crippen molar-refractivity contribution in [3.63, 3.8) is 0 Å². The van der Waals surface area contributed by atoms with Crippen LogP contribution in [0.1, 0.15) is 106 Å². The van der Waals surface area contributed by atoms with E-state index in [-0.39, 0.29) is 17.6 Å². The molecule has 10 rings (SSSR count). The molecule has 2 atom stereocenters. The number of hydrogen-bond donors (Lipinski definition) is 2. The minimum absolute atomic E-state index is 0.100.